The lowest BCUT2D eigenvalue weighted by Gasteiger charge is -2.07. The van der Waals surface area contributed by atoms with E-state index in [2.05, 4.69) is 15.3 Å². The third-order valence-corrected chi connectivity index (χ3v) is 3.65. The molecule has 0 saturated carbocycles. The zero-order valence-corrected chi connectivity index (χ0v) is 11.9. The van der Waals surface area contributed by atoms with Crippen LogP contribution < -0.4 is 5.32 Å². The van der Waals surface area contributed by atoms with Crippen LogP contribution in [0.3, 0.4) is 0 Å². The summed E-state index contributed by atoms with van der Waals surface area (Å²) in [5, 5.41) is 15.0. The first-order chi connectivity index (χ1) is 9.70. The zero-order chi connectivity index (χ0) is 14.4. The van der Waals surface area contributed by atoms with E-state index in [1.807, 2.05) is 13.0 Å². The topological polar surface area (TPSA) is 83.8 Å². The number of imidazole rings is 1. The van der Waals surface area contributed by atoms with Crippen molar-refractivity contribution in [3.8, 4) is 0 Å². The number of nitro groups is 1. The normalized spacial score (nSPS) is 10.4. The van der Waals surface area contributed by atoms with Gasteiger partial charge in [0.1, 0.15) is 5.69 Å². The van der Waals surface area contributed by atoms with Gasteiger partial charge in [-0.1, -0.05) is 24.8 Å². The van der Waals surface area contributed by atoms with E-state index in [1.165, 1.54) is 11.8 Å². The summed E-state index contributed by atoms with van der Waals surface area (Å²) >= 11 is 1.51. The second kappa shape index (κ2) is 6.95. The molecule has 0 fully saturated rings. The van der Waals surface area contributed by atoms with Crippen LogP contribution in [0.15, 0.2) is 35.7 Å². The van der Waals surface area contributed by atoms with Crippen molar-refractivity contribution in [3.05, 3.63) is 46.3 Å². The number of nitro benzene ring substituents is 1. The lowest BCUT2D eigenvalue weighted by atomic mass is 10.2. The molecule has 20 heavy (non-hydrogen) atoms. The predicted octanol–water partition coefficient (Wildman–Crippen LogP) is 3.43. The van der Waals surface area contributed by atoms with Crippen LogP contribution in [0.4, 0.5) is 11.4 Å². The molecule has 1 heterocycles. The second-order valence-corrected chi connectivity index (χ2v) is 5.18. The van der Waals surface area contributed by atoms with E-state index >= 15 is 0 Å². The van der Waals surface area contributed by atoms with Gasteiger partial charge in [-0.25, -0.2) is 4.98 Å². The Morgan fingerprint density at radius 2 is 2.35 bits per heavy atom. The molecule has 0 saturated heterocycles. The molecule has 1 aromatic heterocycles. The van der Waals surface area contributed by atoms with E-state index in [0.29, 0.717) is 11.4 Å². The standard InChI is InChI=1S/C13H16N4O2S/c1-2-5-14-11-4-3-10(8-12(11)17(18)19)9-20-13-15-6-7-16-13/h3-4,6-8,14H,2,5,9H2,1H3,(H,15,16). The summed E-state index contributed by atoms with van der Waals surface area (Å²) < 4.78 is 0. The van der Waals surface area contributed by atoms with Crippen LogP contribution in [-0.2, 0) is 5.75 Å². The Bertz CT molecular complexity index is 572. The molecule has 0 unspecified atom stereocenters. The first kappa shape index (κ1) is 14.4. The molecule has 7 heteroatoms. The minimum Gasteiger partial charge on any atom is -0.380 e. The third kappa shape index (κ3) is 3.74. The van der Waals surface area contributed by atoms with Crippen molar-refractivity contribution in [1.29, 1.82) is 0 Å². The molecule has 0 radical (unpaired) electrons. The van der Waals surface area contributed by atoms with Crippen LogP contribution in [0, 0.1) is 10.1 Å². The zero-order valence-electron chi connectivity index (χ0n) is 11.1. The highest BCUT2D eigenvalue weighted by Crippen LogP contribution is 2.28. The molecule has 106 valence electrons. The van der Waals surface area contributed by atoms with Crippen LogP contribution in [0.2, 0.25) is 0 Å². The first-order valence-electron chi connectivity index (χ1n) is 6.34. The van der Waals surface area contributed by atoms with Gasteiger partial charge in [0.2, 0.25) is 0 Å². The van der Waals surface area contributed by atoms with Crippen LogP contribution >= 0.6 is 11.8 Å². The molecule has 1 aromatic carbocycles. The molecule has 2 N–H and O–H groups in total. The van der Waals surface area contributed by atoms with E-state index < -0.39 is 0 Å². The number of aromatic nitrogens is 2. The molecule has 0 bridgehead atoms. The lowest BCUT2D eigenvalue weighted by molar-refractivity contribution is -0.384. The predicted molar refractivity (Wildman–Crippen MR) is 80.0 cm³/mol. The summed E-state index contributed by atoms with van der Waals surface area (Å²) in [5.74, 6) is 0.641. The van der Waals surface area contributed by atoms with E-state index in [1.54, 1.807) is 24.5 Å². The summed E-state index contributed by atoms with van der Waals surface area (Å²) in [6, 6.07) is 5.29. The van der Waals surface area contributed by atoms with Gasteiger partial charge in [0, 0.05) is 30.8 Å². The molecular weight excluding hydrogens is 276 g/mol. The van der Waals surface area contributed by atoms with Gasteiger partial charge in [0.15, 0.2) is 5.16 Å². The number of hydrogen-bond donors (Lipinski definition) is 2. The monoisotopic (exact) mass is 292 g/mol. The highest BCUT2D eigenvalue weighted by Gasteiger charge is 2.14. The average Bonchev–Trinajstić information content (AvgIpc) is 2.96. The minimum atomic E-state index is -0.348. The summed E-state index contributed by atoms with van der Waals surface area (Å²) in [6.07, 6.45) is 4.36. The molecule has 0 aliphatic heterocycles. The van der Waals surface area contributed by atoms with Gasteiger partial charge < -0.3 is 10.3 Å². The largest absolute Gasteiger partial charge is 0.380 e. The van der Waals surface area contributed by atoms with Crippen molar-refractivity contribution in [1.82, 2.24) is 9.97 Å². The van der Waals surface area contributed by atoms with Crippen molar-refractivity contribution >= 4 is 23.1 Å². The van der Waals surface area contributed by atoms with E-state index in [-0.39, 0.29) is 10.6 Å². The summed E-state index contributed by atoms with van der Waals surface area (Å²) in [7, 11) is 0. The summed E-state index contributed by atoms with van der Waals surface area (Å²) in [4.78, 5) is 17.9. The van der Waals surface area contributed by atoms with Gasteiger partial charge in [-0.3, -0.25) is 10.1 Å². The number of aromatic amines is 1. The van der Waals surface area contributed by atoms with E-state index in [4.69, 9.17) is 0 Å². The maximum Gasteiger partial charge on any atom is 0.292 e. The van der Waals surface area contributed by atoms with Gasteiger partial charge in [-0.05, 0) is 18.1 Å². The van der Waals surface area contributed by atoms with Crippen molar-refractivity contribution < 1.29 is 4.92 Å². The summed E-state index contributed by atoms with van der Waals surface area (Å²) in [5.41, 5.74) is 1.60. The Morgan fingerprint density at radius 1 is 1.50 bits per heavy atom. The van der Waals surface area contributed by atoms with Gasteiger partial charge in [-0.2, -0.15) is 0 Å². The highest BCUT2D eigenvalue weighted by molar-refractivity contribution is 7.98. The SMILES string of the molecule is CCCNc1ccc(CSc2ncc[nH]2)cc1[N+](=O)[O-]. The van der Waals surface area contributed by atoms with Gasteiger partial charge in [0.25, 0.3) is 5.69 Å². The fourth-order valence-electron chi connectivity index (χ4n) is 1.71. The van der Waals surface area contributed by atoms with Crippen LogP contribution in [0.25, 0.3) is 0 Å². The number of thioether (sulfide) groups is 1. The number of nitrogens with zero attached hydrogens (tertiary/aromatic N) is 2. The Morgan fingerprint density at radius 3 is 3.00 bits per heavy atom. The molecule has 2 aromatic rings. The Balaban J connectivity index is 2.10. The van der Waals surface area contributed by atoms with E-state index in [0.717, 1.165) is 23.7 Å². The Hall–Kier alpha value is -2.02. The number of nitrogens with one attached hydrogen (secondary N) is 2. The number of H-pyrrole nitrogens is 1. The minimum absolute atomic E-state index is 0.121. The smallest absolute Gasteiger partial charge is 0.292 e. The van der Waals surface area contributed by atoms with Crippen LogP contribution in [-0.4, -0.2) is 21.4 Å². The first-order valence-corrected chi connectivity index (χ1v) is 7.32. The molecule has 0 amide bonds. The molecule has 0 aliphatic carbocycles. The van der Waals surface area contributed by atoms with Crippen LogP contribution in [0.5, 0.6) is 0 Å². The van der Waals surface area contributed by atoms with E-state index in [9.17, 15) is 10.1 Å². The quantitative estimate of drug-likeness (QED) is 0.464. The molecule has 0 atom stereocenters. The van der Waals surface area contributed by atoms with Crippen molar-refractivity contribution in [2.75, 3.05) is 11.9 Å². The van der Waals surface area contributed by atoms with Gasteiger partial charge in [0.05, 0.1) is 4.92 Å². The number of anilines is 1. The number of hydrogen-bond acceptors (Lipinski definition) is 5. The maximum atomic E-state index is 11.1. The molecule has 0 spiro atoms. The third-order valence-electron chi connectivity index (χ3n) is 2.67. The van der Waals surface area contributed by atoms with Gasteiger partial charge in [-0.15, -0.1) is 0 Å². The summed E-state index contributed by atoms with van der Waals surface area (Å²) in [6.45, 7) is 2.74. The number of rotatable bonds is 7. The fourth-order valence-corrected chi connectivity index (χ4v) is 2.48. The molecule has 2 rings (SSSR count). The molecule has 0 aliphatic rings. The Labute approximate surface area is 121 Å². The molecule has 6 nitrogen and oxygen atoms in total. The van der Waals surface area contributed by atoms with Crippen molar-refractivity contribution in [3.63, 3.8) is 0 Å². The average molecular weight is 292 g/mol. The van der Waals surface area contributed by atoms with Crippen LogP contribution in [0.1, 0.15) is 18.9 Å². The highest BCUT2D eigenvalue weighted by atomic mass is 32.2. The fraction of sp³-hybridized carbons (Fsp3) is 0.308. The second-order valence-electron chi connectivity index (χ2n) is 4.22. The van der Waals surface area contributed by atoms with Crippen molar-refractivity contribution in [2.45, 2.75) is 24.3 Å². The Kier molecular flexibility index (Phi) is 5.00. The van der Waals surface area contributed by atoms with Gasteiger partial charge >= 0.3 is 0 Å². The maximum absolute atomic E-state index is 11.1. The number of benzene rings is 1. The van der Waals surface area contributed by atoms with Crippen molar-refractivity contribution in [2.24, 2.45) is 0 Å². The molecular formula is C13H16N4O2S. The lowest BCUT2D eigenvalue weighted by Crippen LogP contribution is -2.03.